The molecule has 0 fully saturated rings. The molecule has 0 bridgehead atoms. The van der Waals surface area contributed by atoms with E-state index in [0.29, 0.717) is 5.92 Å². The molecule has 1 aliphatic carbocycles. The Kier molecular flexibility index (Phi) is 5.00. The van der Waals surface area contributed by atoms with Crippen LogP contribution in [0.25, 0.3) is 0 Å². The van der Waals surface area contributed by atoms with Crippen molar-refractivity contribution in [3.05, 3.63) is 57.8 Å². The number of allylic oxidation sites excluding steroid dienone is 4. The maximum absolute atomic E-state index is 3.85. The summed E-state index contributed by atoms with van der Waals surface area (Å²) >= 11 is 0. The Bertz CT molecular complexity index is 528. The molecule has 2 heteroatoms. The molecule has 0 saturated carbocycles. The van der Waals surface area contributed by atoms with E-state index in [2.05, 4.69) is 69.9 Å². The van der Waals surface area contributed by atoms with Gasteiger partial charge in [0.05, 0.1) is 0 Å². The van der Waals surface area contributed by atoms with Crippen LogP contribution in [0.3, 0.4) is 0 Å². The third kappa shape index (κ3) is 2.97. The van der Waals surface area contributed by atoms with Crippen LogP contribution < -0.4 is 4.98 Å². The van der Waals surface area contributed by atoms with E-state index >= 15 is 0 Å². The van der Waals surface area contributed by atoms with Gasteiger partial charge in [-0.1, -0.05) is 60.5 Å². The van der Waals surface area contributed by atoms with E-state index in [9.17, 15) is 0 Å². The van der Waals surface area contributed by atoms with E-state index in [1.54, 1.807) is 16.3 Å². The van der Waals surface area contributed by atoms with Crippen LogP contribution in [-0.4, -0.2) is 8.96 Å². The predicted molar refractivity (Wildman–Crippen MR) is 89.8 cm³/mol. The molecule has 0 spiro atoms. The van der Waals surface area contributed by atoms with Gasteiger partial charge in [0.15, 0.2) is 8.96 Å². The van der Waals surface area contributed by atoms with Gasteiger partial charge in [0.25, 0.3) is 0 Å². The van der Waals surface area contributed by atoms with Crippen LogP contribution in [0.2, 0.25) is 6.04 Å². The molecule has 1 unspecified atom stereocenters. The molecule has 20 heavy (non-hydrogen) atoms. The highest BCUT2D eigenvalue weighted by Gasteiger charge is 2.29. The summed E-state index contributed by atoms with van der Waals surface area (Å²) in [6.45, 7) is 12.6. The average Bonchev–Trinajstić information content (AvgIpc) is 2.66. The number of benzene rings is 1. The zero-order chi connectivity index (χ0) is 14.7. The van der Waals surface area contributed by atoms with Gasteiger partial charge in [-0.05, 0) is 43.9 Å². The Hall–Kier alpha value is -1.12. The van der Waals surface area contributed by atoms with E-state index in [1.807, 2.05) is 0 Å². The molecular formula is C18H26NSi. The van der Waals surface area contributed by atoms with Crippen molar-refractivity contribution in [1.82, 2.24) is 4.98 Å². The number of hydrogen-bond donors (Lipinski definition) is 1. The average molecular weight is 284 g/mol. The predicted octanol–water partition coefficient (Wildman–Crippen LogP) is 4.63. The highest BCUT2D eigenvalue weighted by atomic mass is 28.3. The second kappa shape index (κ2) is 6.55. The molecule has 0 amide bonds. The zero-order valence-corrected chi connectivity index (χ0v) is 14.4. The van der Waals surface area contributed by atoms with Crippen LogP contribution >= 0.6 is 0 Å². The Morgan fingerprint density at radius 3 is 2.20 bits per heavy atom. The fourth-order valence-corrected chi connectivity index (χ4v) is 5.68. The molecule has 0 heterocycles. The van der Waals surface area contributed by atoms with Crippen LogP contribution in [0.1, 0.15) is 40.2 Å². The van der Waals surface area contributed by atoms with Gasteiger partial charge < -0.3 is 4.98 Å². The first-order valence-electron chi connectivity index (χ1n) is 7.58. The van der Waals surface area contributed by atoms with Crippen molar-refractivity contribution in [2.24, 2.45) is 5.92 Å². The maximum Gasteiger partial charge on any atom is 0.166 e. The van der Waals surface area contributed by atoms with E-state index < -0.39 is 8.96 Å². The van der Waals surface area contributed by atoms with Crippen LogP contribution in [0, 0.1) is 5.92 Å². The molecule has 0 aliphatic heterocycles. The second-order valence-electron chi connectivity index (χ2n) is 5.74. The number of rotatable bonds is 5. The second-order valence-corrected chi connectivity index (χ2v) is 8.30. The molecular weight excluding hydrogens is 258 g/mol. The standard InChI is InChI=1S/C18H26NSi/c1-6-20(19-12-17-10-8-7-9-11-17)18-15(4)13(2)14(3)16(18)5/h7-11,15,19H,6,12H2,1-5H3. The highest BCUT2D eigenvalue weighted by Crippen LogP contribution is 2.37. The maximum atomic E-state index is 3.85. The Balaban J connectivity index is 2.10. The van der Waals surface area contributed by atoms with Crippen molar-refractivity contribution in [3.8, 4) is 0 Å². The summed E-state index contributed by atoms with van der Waals surface area (Å²) < 4.78 is 0. The number of nitrogens with one attached hydrogen (secondary N) is 1. The summed E-state index contributed by atoms with van der Waals surface area (Å²) in [5.41, 5.74) is 6.01. The third-order valence-corrected chi connectivity index (χ3v) is 7.44. The fourth-order valence-electron chi connectivity index (χ4n) is 3.07. The third-order valence-electron chi connectivity index (χ3n) is 4.67. The van der Waals surface area contributed by atoms with E-state index in [4.69, 9.17) is 0 Å². The zero-order valence-electron chi connectivity index (χ0n) is 13.4. The van der Waals surface area contributed by atoms with Crippen molar-refractivity contribution < 1.29 is 0 Å². The fraction of sp³-hybridized carbons (Fsp3) is 0.444. The van der Waals surface area contributed by atoms with Crippen molar-refractivity contribution in [2.75, 3.05) is 0 Å². The quantitative estimate of drug-likeness (QED) is 0.777. The molecule has 1 N–H and O–H groups in total. The summed E-state index contributed by atoms with van der Waals surface area (Å²) in [7, 11) is -0.634. The molecule has 1 nitrogen and oxygen atoms in total. The Morgan fingerprint density at radius 1 is 1.05 bits per heavy atom. The van der Waals surface area contributed by atoms with Crippen LogP contribution in [0.4, 0.5) is 0 Å². The van der Waals surface area contributed by atoms with Crippen molar-refractivity contribution in [3.63, 3.8) is 0 Å². The van der Waals surface area contributed by atoms with E-state index in [1.165, 1.54) is 17.2 Å². The lowest BCUT2D eigenvalue weighted by Gasteiger charge is -2.22. The lowest BCUT2D eigenvalue weighted by atomic mass is 10.1. The monoisotopic (exact) mass is 284 g/mol. The van der Waals surface area contributed by atoms with E-state index in [-0.39, 0.29) is 0 Å². The minimum atomic E-state index is -0.634. The van der Waals surface area contributed by atoms with Crippen LogP contribution in [-0.2, 0) is 6.54 Å². The molecule has 0 aromatic heterocycles. The van der Waals surface area contributed by atoms with Gasteiger partial charge in [0, 0.05) is 6.54 Å². The molecule has 0 saturated heterocycles. The lowest BCUT2D eigenvalue weighted by molar-refractivity contribution is 0.829. The summed E-state index contributed by atoms with van der Waals surface area (Å²) in [4.78, 5) is 3.85. The highest BCUT2D eigenvalue weighted by molar-refractivity contribution is 6.64. The van der Waals surface area contributed by atoms with Gasteiger partial charge in [-0.25, -0.2) is 0 Å². The van der Waals surface area contributed by atoms with Crippen LogP contribution in [0.5, 0.6) is 0 Å². The summed E-state index contributed by atoms with van der Waals surface area (Å²) in [5.74, 6) is 0.632. The summed E-state index contributed by atoms with van der Waals surface area (Å²) in [6, 6.07) is 12.0. The first-order chi connectivity index (χ1) is 9.56. The van der Waals surface area contributed by atoms with Crippen LogP contribution in [0.15, 0.2) is 52.2 Å². The Labute approximate surface area is 125 Å². The smallest absolute Gasteiger partial charge is 0.166 e. The largest absolute Gasteiger partial charge is 0.331 e. The summed E-state index contributed by atoms with van der Waals surface area (Å²) in [6.07, 6.45) is 0. The lowest BCUT2D eigenvalue weighted by Crippen LogP contribution is -2.37. The minimum absolute atomic E-state index is 0.632. The van der Waals surface area contributed by atoms with Gasteiger partial charge in [-0.15, -0.1) is 0 Å². The minimum Gasteiger partial charge on any atom is -0.331 e. The number of hydrogen-bond acceptors (Lipinski definition) is 1. The SMILES string of the molecule is CC[Si](NCc1ccccc1)C1=C(C)C(C)=C(C)C1C. The summed E-state index contributed by atoms with van der Waals surface area (Å²) in [5, 5.41) is 1.70. The molecule has 1 aromatic carbocycles. The van der Waals surface area contributed by atoms with Crippen molar-refractivity contribution in [2.45, 2.75) is 47.2 Å². The van der Waals surface area contributed by atoms with Gasteiger partial charge in [-0.3, -0.25) is 0 Å². The molecule has 1 atom stereocenters. The first-order valence-corrected chi connectivity index (χ1v) is 9.29. The van der Waals surface area contributed by atoms with Gasteiger partial charge >= 0.3 is 0 Å². The topological polar surface area (TPSA) is 12.0 Å². The molecule has 1 aromatic rings. The molecule has 1 radical (unpaired) electrons. The van der Waals surface area contributed by atoms with E-state index in [0.717, 1.165) is 6.54 Å². The normalized spacial score (nSPS) is 19.4. The van der Waals surface area contributed by atoms with Crippen molar-refractivity contribution in [1.29, 1.82) is 0 Å². The molecule has 107 valence electrons. The van der Waals surface area contributed by atoms with Gasteiger partial charge in [0.1, 0.15) is 0 Å². The Morgan fingerprint density at radius 2 is 1.70 bits per heavy atom. The molecule has 2 rings (SSSR count). The molecule has 1 aliphatic rings. The van der Waals surface area contributed by atoms with Gasteiger partial charge in [0.2, 0.25) is 0 Å². The van der Waals surface area contributed by atoms with Gasteiger partial charge in [-0.2, -0.15) is 0 Å². The van der Waals surface area contributed by atoms with Crippen molar-refractivity contribution >= 4 is 8.96 Å². The first kappa shape index (κ1) is 15.3.